The van der Waals surface area contributed by atoms with Crippen molar-refractivity contribution in [3.63, 3.8) is 0 Å². The van der Waals surface area contributed by atoms with Gasteiger partial charge in [-0.05, 0) is 73.8 Å². The molecule has 1 aliphatic carbocycles. The summed E-state index contributed by atoms with van der Waals surface area (Å²) in [4.78, 5) is 36.1. The fourth-order valence-corrected chi connectivity index (χ4v) is 5.04. The number of aromatic nitrogens is 2. The third-order valence-electron chi connectivity index (χ3n) is 7.26. The van der Waals surface area contributed by atoms with Crippen LogP contribution in [0.1, 0.15) is 72.1 Å². The molecule has 2 amide bonds. The van der Waals surface area contributed by atoms with Crippen molar-refractivity contribution in [3.8, 4) is 5.69 Å². The number of hydrogen-bond donors (Lipinski definition) is 2. The average Bonchev–Trinajstić information content (AvgIpc) is 3.39. The molecule has 0 spiro atoms. The summed E-state index contributed by atoms with van der Waals surface area (Å²) in [7, 11) is 0. The Morgan fingerprint density at radius 2 is 1.71 bits per heavy atom. The quantitative estimate of drug-likeness (QED) is 0.317. The molecule has 1 heterocycles. The smallest absolute Gasteiger partial charge is 0.435 e. The van der Waals surface area contributed by atoms with Gasteiger partial charge in [0.05, 0.1) is 17.9 Å². The number of alkyl halides is 3. The van der Waals surface area contributed by atoms with Crippen LogP contribution in [0.15, 0.2) is 54.7 Å². The van der Waals surface area contributed by atoms with E-state index in [4.69, 9.17) is 4.74 Å². The van der Waals surface area contributed by atoms with E-state index in [2.05, 4.69) is 15.7 Å². The van der Waals surface area contributed by atoms with E-state index in [1.165, 1.54) is 12.5 Å². The predicted molar refractivity (Wildman–Crippen MR) is 147 cm³/mol. The number of nitrogens with zero attached hydrogens (tertiary/aromatic N) is 2. The Morgan fingerprint density at radius 1 is 1.02 bits per heavy atom. The zero-order valence-corrected chi connectivity index (χ0v) is 23.0. The lowest BCUT2D eigenvalue weighted by atomic mass is 9.79. The van der Waals surface area contributed by atoms with Gasteiger partial charge in [-0.2, -0.15) is 18.3 Å². The molecule has 0 saturated heterocycles. The molecule has 0 atom stereocenters. The average molecular weight is 571 g/mol. The summed E-state index contributed by atoms with van der Waals surface area (Å²) in [5, 5.41) is 8.78. The van der Waals surface area contributed by atoms with Crippen molar-refractivity contribution < 1.29 is 32.3 Å². The molecule has 0 unspecified atom stereocenters. The molecule has 0 radical (unpaired) electrons. The standard InChI is InChI=1S/C30H33F3N4O4/c1-19-5-3-4-6-26(19)37-17-25(28(36-37)30(31,32)33)29(40)34-16-15-27(39)35-24-13-11-23(12-14-24)22-9-7-21(8-10-22)18-41-20(2)38/h3-6,11-14,17,21-22H,7-10,15-16,18H2,1-2H3,(H,34,40)(H,35,39)/t21-,22-. The molecule has 1 saturated carbocycles. The maximum Gasteiger partial charge on any atom is 0.435 e. The summed E-state index contributed by atoms with van der Waals surface area (Å²) in [6, 6.07) is 14.3. The zero-order chi connectivity index (χ0) is 29.6. The van der Waals surface area contributed by atoms with Crippen molar-refractivity contribution in [2.45, 2.75) is 58.0 Å². The minimum absolute atomic E-state index is 0.118. The molecule has 1 fully saturated rings. The van der Waals surface area contributed by atoms with Crippen LogP contribution in [-0.2, 0) is 20.5 Å². The number of para-hydroxylation sites is 1. The van der Waals surface area contributed by atoms with Gasteiger partial charge in [0.25, 0.3) is 5.91 Å². The first-order chi connectivity index (χ1) is 19.5. The van der Waals surface area contributed by atoms with Crippen LogP contribution in [0.2, 0.25) is 0 Å². The number of rotatable bonds is 9. The highest BCUT2D eigenvalue weighted by molar-refractivity contribution is 5.96. The van der Waals surface area contributed by atoms with Crippen LogP contribution in [0, 0.1) is 12.8 Å². The summed E-state index contributed by atoms with van der Waals surface area (Å²) in [5.74, 6) is -0.806. The van der Waals surface area contributed by atoms with Crippen LogP contribution in [0.3, 0.4) is 0 Å². The topological polar surface area (TPSA) is 102 Å². The lowest BCUT2D eigenvalue weighted by Gasteiger charge is -2.28. The van der Waals surface area contributed by atoms with E-state index in [1.807, 2.05) is 24.3 Å². The molecule has 1 aliphatic rings. The van der Waals surface area contributed by atoms with Gasteiger partial charge >= 0.3 is 12.1 Å². The lowest BCUT2D eigenvalue weighted by molar-refractivity contribution is -0.143. The molecular weight excluding hydrogens is 537 g/mol. The van der Waals surface area contributed by atoms with E-state index in [0.717, 1.165) is 36.6 Å². The number of carbonyl (C=O) groups excluding carboxylic acids is 3. The zero-order valence-electron chi connectivity index (χ0n) is 23.0. The van der Waals surface area contributed by atoms with Crippen LogP contribution in [0.5, 0.6) is 0 Å². The number of amides is 2. The number of anilines is 1. The van der Waals surface area contributed by atoms with Crippen molar-refractivity contribution in [2.24, 2.45) is 5.92 Å². The monoisotopic (exact) mass is 570 g/mol. The van der Waals surface area contributed by atoms with E-state index >= 15 is 0 Å². The highest BCUT2D eigenvalue weighted by Crippen LogP contribution is 2.36. The van der Waals surface area contributed by atoms with E-state index in [1.54, 1.807) is 31.2 Å². The van der Waals surface area contributed by atoms with E-state index in [9.17, 15) is 27.6 Å². The molecule has 3 aromatic rings. The Morgan fingerprint density at radius 3 is 2.34 bits per heavy atom. The number of nitrogens with one attached hydrogen (secondary N) is 2. The van der Waals surface area contributed by atoms with Crippen LogP contribution in [-0.4, -0.2) is 40.7 Å². The first kappa shape index (κ1) is 29.8. The van der Waals surface area contributed by atoms with Crippen LogP contribution in [0.4, 0.5) is 18.9 Å². The number of carbonyl (C=O) groups is 3. The van der Waals surface area contributed by atoms with Gasteiger partial charge in [0, 0.05) is 31.8 Å². The van der Waals surface area contributed by atoms with Crippen LogP contribution < -0.4 is 10.6 Å². The fourth-order valence-electron chi connectivity index (χ4n) is 5.04. The van der Waals surface area contributed by atoms with Gasteiger partial charge in [-0.3, -0.25) is 14.4 Å². The van der Waals surface area contributed by atoms with Gasteiger partial charge in [-0.1, -0.05) is 30.3 Å². The SMILES string of the molecule is CC(=O)OC[C@H]1CC[C@H](c2ccc(NC(=O)CCNC(=O)c3cn(-c4ccccc4C)nc3C(F)(F)F)cc2)CC1. The van der Waals surface area contributed by atoms with E-state index in [-0.39, 0.29) is 24.8 Å². The molecule has 2 aromatic carbocycles. The Balaban J connectivity index is 1.27. The highest BCUT2D eigenvalue weighted by atomic mass is 19.4. The van der Waals surface area contributed by atoms with Gasteiger partial charge in [0.2, 0.25) is 5.91 Å². The second-order valence-electron chi connectivity index (χ2n) is 10.3. The number of ether oxygens (including phenoxy) is 1. The summed E-state index contributed by atoms with van der Waals surface area (Å²) in [6.07, 6.45) is 0.0715. The lowest BCUT2D eigenvalue weighted by Crippen LogP contribution is -2.29. The van der Waals surface area contributed by atoms with Crippen molar-refractivity contribution in [1.29, 1.82) is 0 Å². The number of aryl methyl sites for hydroxylation is 1. The van der Waals surface area contributed by atoms with Crippen LogP contribution >= 0.6 is 0 Å². The third-order valence-corrected chi connectivity index (χ3v) is 7.26. The van der Waals surface area contributed by atoms with Crippen molar-refractivity contribution in [2.75, 3.05) is 18.5 Å². The highest BCUT2D eigenvalue weighted by Gasteiger charge is 2.39. The normalized spacial score (nSPS) is 17.1. The van der Waals surface area contributed by atoms with E-state index in [0.29, 0.717) is 35.4 Å². The van der Waals surface area contributed by atoms with Crippen molar-refractivity contribution in [1.82, 2.24) is 15.1 Å². The molecule has 2 N–H and O–H groups in total. The summed E-state index contributed by atoms with van der Waals surface area (Å²) < 4.78 is 47.0. The fraction of sp³-hybridized carbons (Fsp3) is 0.400. The molecule has 4 rings (SSSR count). The van der Waals surface area contributed by atoms with E-state index < -0.39 is 23.3 Å². The predicted octanol–water partition coefficient (Wildman–Crippen LogP) is 5.80. The van der Waals surface area contributed by atoms with Crippen LogP contribution in [0.25, 0.3) is 5.69 Å². The maximum atomic E-state index is 13.6. The molecule has 0 bridgehead atoms. The summed E-state index contributed by atoms with van der Waals surface area (Å²) >= 11 is 0. The Kier molecular flexibility index (Phi) is 9.46. The second-order valence-corrected chi connectivity index (χ2v) is 10.3. The van der Waals surface area contributed by atoms with Gasteiger partial charge in [-0.25, -0.2) is 4.68 Å². The third kappa shape index (κ3) is 7.96. The molecule has 1 aromatic heterocycles. The Bertz CT molecular complexity index is 1380. The Labute approximate surface area is 236 Å². The first-order valence-electron chi connectivity index (χ1n) is 13.6. The second kappa shape index (κ2) is 13.0. The maximum absolute atomic E-state index is 13.6. The molecule has 41 heavy (non-hydrogen) atoms. The molecule has 0 aliphatic heterocycles. The molecule has 218 valence electrons. The number of hydrogen-bond acceptors (Lipinski definition) is 5. The van der Waals surface area contributed by atoms with Crippen molar-refractivity contribution >= 4 is 23.5 Å². The van der Waals surface area contributed by atoms with Gasteiger partial charge < -0.3 is 15.4 Å². The number of halogens is 3. The largest absolute Gasteiger partial charge is 0.466 e. The molecule has 11 heteroatoms. The number of benzene rings is 2. The molecule has 8 nitrogen and oxygen atoms in total. The minimum Gasteiger partial charge on any atom is -0.466 e. The summed E-state index contributed by atoms with van der Waals surface area (Å²) in [5.41, 5.74) is 0.983. The van der Waals surface area contributed by atoms with Gasteiger partial charge in [-0.15, -0.1) is 0 Å². The minimum atomic E-state index is -4.83. The molecular formula is C30H33F3N4O4. The number of esters is 1. The van der Waals surface area contributed by atoms with Gasteiger partial charge in [0.1, 0.15) is 0 Å². The summed E-state index contributed by atoms with van der Waals surface area (Å²) in [6.45, 7) is 3.47. The Hall–Kier alpha value is -4.15. The first-order valence-corrected chi connectivity index (χ1v) is 13.6. The van der Waals surface area contributed by atoms with Crippen molar-refractivity contribution in [3.05, 3.63) is 77.1 Å². The van der Waals surface area contributed by atoms with Gasteiger partial charge in [0.15, 0.2) is 5.69 Å².